The molecule has 19 heavy (non-hydrogen) atoms. The van der Waals surface area contributed by atoms with E-state index in [2.05, 4.69) is 17.2 Å². The van der Waals surface area contributed by atoms with Gasteiger partial charge in [0.05, 0.1) is 16.9 Å². The molecule has 0 spiro atoms. The van der Waals surface area contributed by atoms with Crippen LogP contribution in [0, 0.1) is 0 Å². The van der Waals surface area contributed by atoms with Crippen LogP contribution in [-0.4, -0.2) is 14.9 Å². The predicted molar refractivity (Wildman–Crippen MR) is 75.4 cm³/mol. The summed E-state index contributed by atoms with van der Waals surface area (Å²) in [5.41, 5.74) is 2.18. The lowest BCUT2D eigenvalue weighted by atomic mass is 9.95. The molecule has 3 rings (SSSR count). The summed E-state index contributed by atoms with van der Waals surface area (Å²) in [5, 5.41) is 15.9. The van der Waals surface area contributed by atoms with Gasteiger partial charge in [0.15, 0.2) is 0 Å². The largest absolute Gasteiger partial charge is 0.383 e. The fraction of sp³-hybridized carbons (Fsp3) is 0.400. The number of rotatable bonds is 2. The molecule has 0 atom stereocenters. The fourth-order valence-electron chi connectivity index (χ4n) is 2.93. The first-order valence-corrected chi connectivity index (χ1v) is 6.92. The summed E-state index contributed by atoms with van der Waals surface area (Å²) in [4.78, 5) is 0. The Kier molecular flexibility index (Phi) is 2.91. The maximum Gasteiger partial charge on any atom is 0.116 e. The molecule has 1 aliphatic rings. The molecule has 100 valence electrons. The topological polar surface area (TPSA) is 38.0 Å². The number of aliphatic hydroxyl groups is 1. The number of halogens is 1. The van der Waals surface area contributed by atoms with Crippen molar-refractivity contribution < 1.29 is 5.11 Å². The Morgan fingerprint density at radius 3 is 2.37 bits per heavy atom. The van der Waals surface area contributed by atoms with Crippen molar-refractivity contribution in [2.75, 3.05) is 0 Å². The van der Waals surface area contributed by atoms with E-state index in [0.717, 1.165) is 5.69 Å². The lowest BCUT2D eigenvalue weighted by Gasteiger charge is -2.25. The zero-order valence-corrected chi connectivity index (χ0v) is 11.9. The van der Waals surface area contributed by atoms with E-state index in [0.29, 0.717) is 17.9 Å². The normalized spacial score (nSPS) is 16.9. The van der Waals surface area contributed by atoms with Crippen molar-refractivity contribution in [2.24, 2.45) is 0 Å². The molecule has 1 N–H and O–H groups in total. The molecule has 0 amide bonds. The van der Waals surface area contributed by atoms with Crippen molar-refractivity contribution in [1.29, 1.82) is 0 Å². The highest BCUT2D eigenvalue weighted by molar-refractivity contribution is 6.31. The van der Waals surface area contributed by atoms with E-state index in [-0.39, 0.29) is 6.04 Å². The first kappa shape index (κ1) is 12.7. The monoisotopic (exact) mass is 276 g/mol. The van der Waals surface area contributed by atoms with Crippen LogP contribution in [-0.2, 0) is 18.4 Å². The lowest BCUT2D eigenvalue weighted by Crippen LogP contribution is -2.30. The van der Waals surface area contributed by atoms with Gasteiger partial charge in [-0.15, -0.1) is 0 Å². The minimum Gasteiger partial charge on any atom is -0.383 e. The first-order valence-electron chi connectivity index (χ1n) is 6.54. The smallest absolute Gasteiger partial charge is 0.116 e. The third kappa shape index (κ3) is 1.97. The summed E-state index contributed by atoms with van der Waals surface area (Å²) in [6.45, 7) is 4.08. The van der Waals surface area contributed by atoms with Crippen LogP contribution in [0.25, 0.3) is 0 Å². The van der Waals surface area contributed by atoms with Gasteiger partial charge in [0, 0.05) is 18.9 Å². The van der Waals surface area contributed by atoms with Crippen LogP contribution in [0.4, 0.5) is 0 Å². The van der Waals surface area contributed by atoms with Gasteiger partial charge in [-0.1, -0.05) is 35.9 Å². The minimum atomic E-state index is -0.943. The molecule has 1 aromatic heterocycles. The van der Waals surface area contributed by atoms with Gasteiger partial charge in [0.25, 0.3) is 0 Å². The Balaban J connectivity index is 2.07. The first-order chi connectivity index (χ1) is 9.01. The highest BCUT2D eigenvalue weighted by Crippen LogP contribution is 2.41. The molecule has 3 nitrogen and oxygen atoms in total. The van der Waals surface area contributed by atoms with E-state index in [1.165, 1.54) is 11.1 Å². The maximum atomic E-state index is 11.0. The number of nitrogens with zero attached hydrogens (tertiary/aromatic N) is 2. The van der Waals surface area contributed by atoms with E-state index >= 15 is 0 Å². The predicted octanol–water partition coefficient (Wildman–Crippen LogP) is 3.10. The summed E-state index contributed by atoms with van der Waals surface area (Å²) in [6, 6.07) is 8.32. The molecular formula is C15H17ClN2O. The Hall–Kier alpha value is -1.32. The summed E-state index contributed by atoms with van der Waals surface area (Å²) >= 11 is 6.26. The summed E-state index contributed by atoms with van der Waals surface area (Å²) in [5.74, 6) is 0. The Labute approximate surface area is 117 Å². The van der Waals surface area contributed by atoms with E-state index in [9.17, 15) is 5.11 Å². The SMILES string of the molecule is CC(C)n1ncc(Cl)c1C1(O)Cc2ccccc2C1. The van der Waals surface area contributed by atoms with Gasteiger partial charge in [0.2, 0.25) is 0 Å². The van der Waals surface area contributed by atoms with Crippen molar-refractivity contribution in [3.05, 3.63) is 52.3 Å². The number of aromatic nitrogens is 2. The van der Waals surface area contributed by atoms with Crippen molar-refractivity contribution in [1.82, 2.24) is 9.78 Å². The van der Waals surface area contributed by atoms with Gasteiger partial charge in [-0.25, -0.2) is 0 Å². The zero-order chi connectivity index (χ0) is 13.6. The van der Waals surface area contributed by atoms with Gasteiger partial charge >= 0.3 is 0 Å². The number of benzene rings is 1. The van der Waals surface area contributed by atoms with Crippen LogP contribution >= 0.6 is 11.6 Å². The average Bonchev–Trinajstić information content (AvgIpc) is 2.89. The molecule has 0 saturated carbocycles. The van der Waals surface area contributed by atoms with Crippen LogP contribution in [0.15, 0.2) is 30.5 Å². The molecule has 0 radical (unpaired) electrons. The van der Waals surface area contributed by atoms with E-state index < -0.39 is 5.60 Å². The van der Waals surface area contributed by atoms with Gasteiger partial charge in [-0.3, -0.25) is 4.68 Å². The second-order valence-corrected chi connectivity index (χ2v) is 5.94. The number of fused-ring (bicyclic) bond motifs is 1. The Bertz CT molecular complexity index is 593. The second-order valence-electron chi connectivity index (χ2n) is 5.53. The molecule has 2 aromatic rings. The van der Waals surface area contributed by atoms with Crippen LogP contribution < -0.4 is 0 Å². The van der Waals surface area contributed by atoms with Crippen LogP contribution in [0.1, 0.15) is 36.7 Å². The minimum absolute atomic E-state index is 0.176. The molecule has 1 aliphatic carbocycles. The van der Waals surface area contributed by atoms with Crippen molar-refractivity contribution >= 4 is 11.6 Å². The van der Waals surface area contributed by atoms with Gasteiger partial charge < -0.3 is 5.11 Å². The summed E-state index contributed by atoms with van der Waals surface area (Å²) in [7, 11) is 0. The van der Waals surface area contributed by atoms with Crippen LogP contribution in [0.3, 0.4) is 0 Å². The molecule has 0 bridgehead atoms. The fourth-order valence-corrected chi connectivity index (χ4v) is 3.24. The highest BCUT2D eigenvalue weighted by Gasteiger charge is 2.41. The standard InChI is InChI=1S/C15H17ClN2O/c1-10(2)18-14(13(16)9-17-18)15(19)7-11-5-3-4-6-12(11)8-15/h3-6,9-10,19H,7-8H2,1-2H3. The molecule has 1 aromatic carbocycles. The van der Waals surface area contributed by atoms with E-state index in [4.69, 9.17) is 11.6 Å². The highest BCUT2D eigenvalue weighted by atomic mass is 35.5. The quantitative estimate of drug-likeness (QED) is 0.915. The average molecular weight is 277 g/mol. The number of hydrogen-bond donors (Lipinski definition) is 1. The van der Waals surface area contributed by atoms with Crippen molar-refractivity contribution in [3.63, 3.8) is 0 Å². The molecule has 4 heteroatoms. The van der Waals surface area contributed by atoms with Crippen molar-refractivity contribution in [2.45, 2.75) is 38.3 Å². The number of hydrogen-bond acceptors (Lipinski definition) is 2. The Morgan fingerprint density at radius 1 is 1.26 bits per heavy atom. The van der Waals surface area contributed by atoms with Gasteiger partial charge in [-0.05, 0) is 25.0 Å². The molecule has 1 heterocycles. The van der Waals surface area contributed by atoms with E-state index in [1.54, 1.807) is 6.20 Å². The summed E-state index contributed by atoms with van der Waals surface area (Å²) < 4.78 is 1.83. The van der Waals surface area contributed by atoms with Gasteiger partial charge in [0.1, 0.15) is 5.60 Å². The van der Waals surface area contributed by atoms with Crippen LogP contribution in [0.5, 0.6) is 0 Å². The Morgan fingerprint density at radius 2 is 1.84 bits per heavy atom. The third-order valence-electron chi connectivity index (χ3n) is 3.76. The third-order valence-corrected chi connectivity index (χ3v) is 4.04. The molecular weight excluding hydrogens is 260 g/mol. The van der Waals surface area contributed by atoms with Crippen LogP contribution in [0.2, 0.25) is 5.02 Å². The second kappa shape index (κ2) is 4.36. The maximum absolute atomic E-state index is 11.0. The van der Waals surface area contributed by atoms with Gasteiger partial charge in [-0.2, -0.15) is 5.10 Å². The summed E-state index contributed by atoms with van der Waals surface area (Å²) in [6.07, 6.45) is 2.82. The molecule has 0 aliphatic heterocycles. The van der Waals surface area contributed by atoms with E-state index in [1.807, 2.05) is 30.7 Å². The molecule has 0 unspecified atom stereocenters. The lowest BCUT2D eigenvalue weighted by molar-refractivity contribution is 0.0375. The zero-order valence-electron chi connectivity index (χ0n) is 11.1. The molecule has 0 fully saturated rings. The van der Waals surface area contributed by atoms with Crippen molar-refractivity contribution in [3.8, 4) is 0 Å². The molecule has 0 saturated heterocycles.